The summed E-state index contributed by atoms with van der Waals surface area (Å²) in [4.78, 5) is 14.6. The van der Waals surface area contributed by atoms with Crippen LogP contribution in [0.5, 0.6) is 0 Å². The average Bonchev–Trinajstić information content (AvgIpc) is 3.04. The van der Waals surface area contributed by atoms with Crippen LogP contribution in [0.15, 0.2) is 29.1 Å². The topological polar surface area (TPSA) is 71.2 Å². The highest BCUT2D eigenvalue weighted by Gasteiger charge is 2.41. The van der Waals surface area contributed by atoms with E-state index in [9.17, 15) is 9.90 Å². The van der Waals surface area contributed by atoms with Crippen molar-refractivity contribution in [2.45, 2.75) is 25.6 Å². The minimum Gasteiger partial charge on any atom is -0.393 e. The van der Waals surface area contributed by atoms with E-state index >= 15 is 0 Å². The van der Waals surface area contributed by atoms with Gasteiger partial charge >= 0.3 is 0 Å². The number of benzene rings is 1. The van der Waals surface area contributed by atoms with E-state index in [2.05, 4.69) is 15.2 Å². The molecule has 3 unspecified atom stereocenters. The van der Waals surface area contributed by atoms with Crippen LogP contribution in [0, 0.1) is 11.8 Å². The van der Waals surface area contributed by atoms with Gasteiger partial charge in [-0.05, 0) is 30.9 Å². The van der Waals surface area contributed by atoms with Gasteiger partial charge < -0.3 is 5.11 Å². The van der Waals surface area contributed by atoms with Crippen LogP contribution < -0.4 is 5.56 Å². The molecule has 21 heavy (non-hydrogen) atoms. The Hall–Kier alpha value is -1.79. The van der Waals surface area contributed by atoms with Crippen molar-refractivity contribution in [1.82, 2.24) is 19.9 Å². The van der Waals surface area contributed by atoms with Crippen LogP contribution in [-0.4, -0.2) is 44.2 Å². The molecule has 110 valence electrons. The Bertz CT molecular complexity index is 729. The number of fused-ring (bicyclic) bond motifs is 2. The Balaban J connectivity index is 1.58. The Morgan fingerprint density at radius 3 is 2.95 bits per heavy atom. The van der Waals surface area contributed by atoms with Crippen LogP contribution in [0.25, 0.3) is 10.9 Å². The Kier molecular flexibility index (Phi) is 3.01. The lowest BCUT2D eigenvalue weighted by Crippen LogP contribution is -2.34. The van der Waals surface area contributed by atoms with Crippen molar-refractivity contribution in [3.8, 4) is 0 Å². The van der Waals surface area contributed by atoms with Crippen LogP contribution in [0.3, 0.4) is 0 Å². The molecule has 1 aliphatic carbocycles. The fraction of sp³-hybridized carbons (Fsp3) is 0.533. The maximum atomic E-state index is 12.4. The normalized spacial score (nSPS) is 29.1. The zero-order valence-electron chi connectivity index (χ0n) is 11.7. The molecule has 1 N–H and O–H groups in total. The van der Waals surface area contributed by atoms with Gasteiger partial charge in [-0.25, -0.2) is 0 Å². The van der Waals surface area contributed by atoms with E-state index < -0.39 is 0 Å². The largest absolute Gasteiger partial charge is 0.393 e. The number of rotatable bonds is 2. The van der Waals surface area contributed by atoms with Gasteiger partial charge in [0, 0.05) is 19.0 Å². The number of nitrogens with zero attached hydrogens (tertiary/aromatic N) is 4. The van der Waals surface area contributed by atoms with Crippen LogP contribution in [0.4, 0.5) is 0 Å². The summed E-state index contributed by atoms with van der Waals surface area (Å²) in [7, 11) is 0. The Morgan fingerprint density at radius 1 is 1.24 bits per heavy atom. The highest BCUT2D eigenvalue weighted by Crippen LogP contribution is 2.37. The molecule has 1 saturated heterocycles. The van der Waals surface area contributed by atoms with Crippen LogP contribution in [0.2, 0.25) is 0 Å². The van der Waals surface area contributed by atoms with Crippen LogP contribution in [-0.2, 0) is 6.67 Å². The van der Waals surface area contributed by atoms with Gasteiger partial charge in [0.1, 0.15) is 5.52 Å². The summed E-state index contributed by atoms with van der Waals surface area (Å²) in [6, 6.07) is 7.27. The SMILES string of the molecule is O=c1c2ccccc2nnn1CN1CC2CCC(O)C2C1. The smallest absolute Gasteiger partial charge is 0.278 e. The van der Waals surface area contributed by atoms with Gasteiger partial charge in [0.15, 0.2) is 0 Å². The van der Waals surface area contributed by atoms with Crippen molar-refractivity contribution >= 4 is 10.9 Å². The molecule has 3 atom stereocenters. The van der Waals surface area contributed by atoms with Gasteiger partial charge in [-0.2, -0.15) is 4.68 Å². The molecule has 6 heteroatoms. The van der Waals surface area contributed by atoms with E-state index in [1.807, 2.05) is 12.1 Å². The minimum atomic E-state index is -0.181. The van der Waals surface area contributed by atoms with Gasteiger partial charge in [-0.1, -0.05) is 17.3 Å². The number of aromatic nitrogens is 3. The van der Waals surface area contributed by atoms with Gasteiger partial charge in [0.25, 0.3) is 5.56 Å². The number of aliphatic hydroxyl groups excluding tert-OH is 1. The van der Waals surface area contributed by atoms with E-state index in [0.29, 0.717) is 29.4 Å². The molecular weight excluding hydrogens is 268 g/mol. The van der Waals surface area contributed by atoms with Crippen molar-refractivity contribution in [2.75, 3.05) is 13.1 Å². The van der Waals surface area contributed by atoms with E-state index in [4.69, 9.17) is 0 Å². The lowest BCUT2D eigenvalue weighted by Gasteiger charge is -2.18. The molecule has 4 rings (SSSR count). The minimum absolute atomic E-state index is 0.0989. The van der Waals surface area contributed by atoms with E-state index in [-0.39, 0.29) is 11.7 Å². The summed E-state index contributed by atoms with van der Waals surface area (Å²) in [6.45, 7) is 2.23. The number of likely N-dealkylation sites (tertiary alicyclic amines) is 1. The van der Waals surface area contributed by atoms with Gasteiger partial charge in [0.05, 0.1) is 18.2 Å². The summed E-state index contributed by atoms with van der Waals surface area (Å²) in [5, 5.41) is 18.7. The zero-order valence-corrected chi connectivity index (χ0v) is 11.7. The van der Waals surface area contributed by atoms with Crippen molar-refractivity contribution in [3.63, 3.8) is 0 Å². The fourth-order valence-corrected chi connectivity index (χ4v) is 3.75. The highest BCUT2D eigenvalue weighted by atomic mass is 16.3. The highest BCUT2D eigenvalue weighted by molar-refractivity contribution is 5.76. The molecule has 1 aromatic carbocycles. The van der Waals surface area contributed by atoms with Crippen molar-refractivity contribution in [1.29, 1.82) is 0 Å². The summed E-state index contributed by atoms with van der Waals surface area (Å²) in [5.74, 6) is 0.915. The predicted molar refractivity (Wildman–Crippen MR) is 77.6 cm³/mol. The first kappa shape index (κ1) is 12.9. The second kappa shape index (κ2) is 4.89. The Morgan fingerprint density at radius 2 is 2.10 bits per heavy atom. The molecule has 1 saturated carbocycles. The molecule has 2 aliphatic rings. The lowest BCUT2D eigenvalue weighted by molar-refractivity contribution is 0.118. The molecule has 0 radical (unpaired) electrons. The second-order valence-corrected chi connectivity index (χ2v) is 6.16. The van der Waals surface area contributed by atoms with Crippen LogP contribution in [0.1, 0.15) is 12.8 Å². The van der Waals surface area contributed by atoms with Crippen molar-refractivity contribution in [3.05, 3.63) is 34.6 Å². The molecular formula is C15H18N4O2. The fourth-order valence-electron chi connectivity index (χ4n) is 3.75. The number of hydrogen-bond donors (Lipinski definition) is 1. The molecule has 2 heterocycles. The van der Waals surface area contributed by atoms with Crippen molar-refractivity contribution < 1.29 is 5.11 Å². The first-order valence-electron chi connectivity index (χ1n) is 7.45. The van der Waals surface area contributed by atoms with Crippen LogP contribution >= 0.6 is 0 Å². The van der Waals surface area contributed by atoms with E-state index in [0.717, 1.165) is 25.9 Å². The molecule has 2 fully saturated rings. The Labute approximate surface area is 122 Å². The molecule has 0 amide bonds. The third-order valence-corrected chi connectivity index (χ3v) is 4.86. The lowest BCUT2D eigenvalue weighted by atomic mass is 10.00. The summed E-state index contributed by atoms with van der Waals surface area (Å²) >= 11 is 0. The molecule has 0 bridgehead atoms. The third-order valence-electron chi connectivity index (χ3n) is 4.86. The first-order chi connectivity index (χ1) is 10.2. The molecule has 1 aliphatic heterocycles. The standard InChI is InChI=1S/C15H18N4O2/c20-14-6-5-10-7-18(8-12(10)14)9-19-15(21)11-3-1-2-4-13(11)16-17-19/h1-4,10,12,14,20H,5-9H2. The second-order valence-electron chi connectivity index (χ2n) is 6.16. The summed E-state index contributed by atoms with van der Waals surface area (Å²) in [5.41, 5.74) is 0.533. The van der Waals surface area contributed by atoms with Crippen molar-refractivity contribution in [2.24, 2.45) is 11.8 Å². The maximum Gasteiger partial charge on any atom is 0.278 e. The average molecular weight is 286 g/mol. The van der Waals surface area contributed by atoms with Gasteiger partial charge in [-0.3, -0.25) is 9.69 Å². The van der Waals surface area contributed by atoms with Gasteiger partial charge in [-0.15, -0.1) is 5.10 Å². The molecule has 1 aromatic heterocycles. The third kappa shape index (κ3) is 2.15. The monoisotopic (exact) mass is 286 g/mol. The van der Waals surface area contributed by atoms with E-state index in [1.54, 1.807) is 12.1 Å². The van der Waals surface area contributed by atoms with Gasteiger partial charge in [0.2, 0.25) is 0 Å². The zero-order chi connectivity index (χ0) is 14.4. The maximum absolute atomic E-state index is 12.4. The number of aliphatic hydroxyl groups is 1. The summed E-state index contributed by atoms with van der Waals surface area (Å²) in [6.07, 6.45) is 1.82. The molecule has 6 nitrogen and oxygen atoms in total. The van der Waals surface area contributed by atoms with E-state index in [1.165, 1.54) is 4.68 Å². The quantitative estimate of drug-likeness (QED) is 0.868. The predicted octanol–water partition coefficient (Wildman–Crippen LogP) is 0.452. The summed E-state index contributed by atoms with van der Waals surface area (Å²) < 4.78 is 1.43. The number of hydrogen-bond acceptors (Lipinski definition) is 5. The molecule has 0 spiro atoms. The molecule has 2 aromatic rings. The first-order valence-corrected chi connectivity index (χ1v) is 7.45.